The predicted molar refractivity (Wildman–Crippen MR) is 81.4 cm³/mol. The molecule has 0 heterocycles. The van der Waals surface area contributed by atoms with E-state index in [9.17, 15) is 34.8 Å². The molecule has 140 valence electrons. The van der Waals surface area contributed by atoms with Gasteiger partial charge in [-0.05, 0) is 24.3 Å². The summed E-state index contributed by atoms with van der Waals surface area (Å²) in [4.78, 5) is -0.759. The predicted octanol–water partition coefficient (Wildman–Crippen LogP) is 5.43. The van der Waals surface area contributed by atoms with Crippen molar-refractivity contribution in [2.75, 3.05) is 4.72 Å². The first-order valence-electron chi connectivity index (χ1n) is 6.31. The monoisotopic (exact) mass is 435 g/mol. The Morgan fingerprint density at radius 3 is 1.85 bits per heavy atom. The third-order valence-electron chi connectivity index (χ3n) is 2.91. The SMILES string of the molecule is O=S(=O)(Nc1cc(C(F)(F)F)cc(C(F)(F)F)c1)c1c(Cl)c#ccc1Cl. The van der Waals surface area contributed by atoms with Crippen molar-refractivity contribution < 1.29 is 34.8 Å². The van der Waals surface area contributed by atoms with E-state index in [-0.39, 0.29) is 18.2 Å². The van der Waals surface area contributed by atoms with Gasteiger partial charge in [0, 0.05) is 6.07 Å². The highest BCUT2D eigenvalue weighted by Gasteiger charge is 2.37. The molecule has 12 heteroatoms. The Hall–Kier alpha value is -1.83. The lowest BCUT2D eigenvalue weighted by Gasteiger charge is -2.15. The van der Waals surface area contributed by atoms with Crippen molar-refractivity contribution in [1.82, 2.24) is 0 Å². The normalized spacial score (nSPS) is 12.6. The van der Waals surface area contributed by atoms with Gasteiger partial charge in [-0.3, -0.25) is 4.72 Å². The zero-order valence-corrected chi connectivity index (χ0v) is 14.4. The second kappa shape index (κ2) is 6.72. The van der Waals surface area contributed by atoms with Crippen LogP contribution in [-0.2, 0) is 22.4 Å². The molecule has 2 aromatic rings. The van der Waals surface area contributed by atoms with E-state index in [0.717, 1.165) is 6.07 Å². The number of benzene rings is 1. The number of alkyl halides is 6. The molecule has 0 saturated heterocycles. The Bertz CT molecular complexity index is 889. The molecule has 0 amide bonds. The number of hydrogen-bond acceptors (Lipinski definition) is 2. The van der Waals surface area contributed by atoms with Gasteiger partial charge in [-0.2, -0.15) is 26.3 Å². The van der Waals surface area contributed by atoms with Gasteiger partial charge in [0.1, 0.15) is 9.92 Å². The van der Waals surface area contributed by atoms with Crippen LogP contribution in [0.3, 0.4) is 0 Å². The van der Waals surface area contributed by atoms with Crippen molar-refractivity contribution in [2.24, 2.45) is 0 Å². The summed E-state index contributed by atoms with van der Waals surface area (Å²) in [7, 11) is -4.70. The maximum Gasteiger partial charge on any atom is 0.416 e. The molecule has 0 fully saturated rings. The highest BCUT2D eigenvalue weighted by molar-refractivity contribution is 7.93. The summed E-state index contributed by atoms with van der Waals surface area (Å²) < 4.78 is 103. The van der Waals surface area contributed by atoms with E-state index < -0.39 is 54.1 Å². The molecule has 3 nitrogen and oxygen atoms in total. The van der Waals surface area contributed by atoms with Crippen molar-refractivity contribution in [3.8, 4) is 0 Å². The van der Waals surface area contributed by atoms with Gasteiger partial charge in [0.25, 0.3) is 10.0 Å². The quantitative estimate of drug-likeness (QED) is 0.653. The number of halogens is 8. The van der Waals surface area contributed by atoms with Gasteiger partial charge in [-0.25, -0.2) is 8.42 Å². The summed E-state index contributed by atoms with van der Waals surface area (Å²) in [5.74, 6) is 0. The van der Waals surface area contributed by atoms with E-state index in [1.807, 2.05) is 0 Å². The summed E-state index contributed by atoms with van der Waals surface area (Å²) in [6.07, 6.45) is -10.3. The van der Waals surface area contributed by atoms with Crippen molar-refractivity contribution in [1.29, 1.82) is 0 Å². The molecule has 2 rings (SSSR count). The molecule has 0 radical (unpaired) electrons. The molecule has 0 saturated carbocycles. The molecule has 0 atom stereocenters. The minimum atomic E-state index is -5.13. The molecular weight excluding hydrogens is 431 g/mol. The number of sulfonamides is 1. The molecule has 2 aromatic carbocycles. The lowest BCUT2D eigenvalue weighted by Crippen LogP contribution is -2.17. The maximum absolute atomic E-state index is 12.8. The Kier molecular flexibility index (Phi) is 5.29. The third-order valence-corrected chi connectivity index (χ3v) is 5.18. The number of rotatable bonds is 3. The topological polar surface area (TPSA) is 46.2 Å². The van der Waals surface area contributed by atoms with Crippen LogP contribution in [0.25, 0.3) is 0 Å². The molecule has 26 heavy (non-hydrogen) atoms. The summed E-state index contributed by atoms with van der Waals surface area (Å²) in [6.45, 7) is 0. The molecule has 0 unspecified atom stereocenters. The zero-order chi connectivity index (χ0) is 19.9. The van der Waals surface area contributed by atoms with Gasteiger partial charge in [-0.15, -0.1) is 0 Å². The van der Waals surface area contributed by atoms with Gasteiger partial charge >= 0.3 is 12.4 Å². The lowest BCUT2D eigenvalue weighted by atomic mass is 10.1. The van der Waals surface area contributed by atoms with Crippen LogP contribution in [-0.4, -0.2) is 8.42 Å². The van der Waals surface area contributed by atoms with Gasteiger partial charge in [0.15, 0.2) is 0 Å². The zero-order valence-electron chi connectivity index (χ0n) is 12.1. The molecule has 0 spiro atoms. The van der Waals surface area contributed by atoms with E-state index in [0.29, 0.717) is 0 Å². The average Bonchev–Trinajstić information content (AvgIpc) is 2.44. The standard InChI is InChI=1S/C14H5Cl2F6NO2S/c15-10-2-1-3-11(16)12(10)26(24,25)23-9-5-7(13(17,18)19)4-8(6-9)14(20,21)22/h2,4-6,23H. The molecule has 0 bridgehead atoms. The van der Waals surface area contributed by atoms with Gasteiger partial charge in [0.2, 0.25) is 0 Å². The highest BCUT2D eigenvalue weighted by atomic mass is 35.5. The van der Waals surface area contributed by atoms with Crippen LogP contribution in [0.1, 0.15) is 11.1 Å². The first-order valence-corrected chi connectivity index (χ1v) is 8.55. The van der Waals surface area contributed by atoms with Crippen LogP contribution in [0, 0.1) is 12.1 Å². The first kappa shape index (κ1) is 20.5. The highest BCUT2D eigenvalue weighted by Crippen LogP contribution is 2.38. The van der Waals surface area contributed by atoms with E-state index >= 15 is 0 Å². The van der Waals surface area contributed by atoms with Crippen LogP contribution < -0.4 is 4.72 Å². The smallest absolute Gasteiger partial charge is 0.279 e. The van der Waals surface area contributed by atoms with Crippen LogP contribution in [0.15, 0.2) is 29.2 Å². The second-order valence-electron chi connectivity index (χ2n) is 4.80. The van der Waals surface area contributed by atoms with Gasteiger partial charge in [-0.1, -0.05) is 29.3 Å². The molecule has 0 aliphatic carbocycles. The number of nitrogens with one attached hydrogen (secondary N) is 1. The Morgan fingerprint density at radius 2 is 1.42 bits per heavy atom. The Labute approximate surface area is 153 Å². The van der Waals surface area contributed by atoms with Crippen molar-refractivity contribution in [3.05, 3.63) is 57.6 Å². The van der Waals surface area contributed by atoms with Crippen LogP contribution in [0.4, 0.5) is 32.0 Å². The first-order chi connectivity index (χ1) is 11.7. The van der Waals surface area contributed by atoms with E-state index in [4.69, 9.17) is 23.2 Å². The van der Waals surface area contributed by atoms with Crippen molar-refractivity contribution in [2.45, 2.75) is 17.2 Å². The third kappa shape index (κ3) is 4.47. The summed E-state index contributed by atoms with van der Waals surface area (Å²) >= 11 is 11.3. The summed E-state index contributed by atoms with van der Waals surface area (Å²) in [5.41, 5.74) is -4.34. The second-order valence-corrected chi connectivity index (χ2v) is 7.21. The fourth-order valence-electron chi connectivity index (χ4n) is 1.86. The minimum Gasteiger partial charge on any atom is -0.279 e. The Morgan fingerprint density at radius 1 is 0.923 bits per heavy atom. The largest absolute Gasteiger partial charge is 0.416 e. The van der Waals surface area contributed by atoms with Crippen molar-refractivity contribution in [3.63, 3.8) is 0 Å². The average molecular weight is 436 g/mol. The van der Waals surface area contributed by atoms with E-state index in [1.165, 1.54) is 0 Å². The van der Waals surface area contributed by atoms with Crippen LogP contribution >= 0.6 is 23.2 Å². The molecular formula is C14H5Cl2F6NO2S. The Balaban J connectivity index is 2.58. The summed E-state index contributed by atoms with van der Waals surface area (Å²) in [5, 5.41) is -0.975. The lowest BCUT2D eigenvalue weighted by molar-refractivity contribution is -0.143. The van der Waals surface area contributed by atoms with Crippen molar-refractivity contribution >= 4 is 38.9 Å². The fourth-order valence-corrected chi connectivity index (χ4v) is 3.95. The van der Waals surface area contributed by atoms with Gasteiger partial charge < -0.3 is 0 Å². The number of anilines is 1. The fraction of sp³-hybridized carbons (Fsp3) is 0.143. The number of hydrogen-bond donors (Lipinski definition) is 1. The molecule has 0 aliphatic rings. The van der Waals surface area contributed by atoms with E-state index in [1.54, 1.807) is 4.72 Å². The molecule has 0 aromatic heterocycles. The molecule has 1 N–H and O–H groups in total. The van der Waals surface area contributed by atoms with Crippen LogP contribution in [0.2, 0.25) is 10.0 Å². The van der Waals surface area contributed by atoms with Crippen LogP contribution in [0.5, 0.6) is 0 Å². The summed E-state index contributed by atoms with van der Waals surface area (Å²) in [6, 6.07) is 5.73. The maximum atomic E-state index is 12.8. The van der Waals surface area contributed by atoms with E-state index in [2.05, 4.69) is 12.1 Å². The van der Waals surface area contributed by atoms with Gasteiger partial charge in [0.05, 0.1) is 21.8 Å². The molecule has 0 aliphatic heterocycles. The minimum absolute atomic E-state index is 0.136.